The van der Waals surface area contributed by atoms with Gasteiger partial charge in [0.25, 0.3) is 0 Å². The molecule has 1 aliphatic rings. The highest BCUT2D eigenvalue weighted by atomic mass is 16.1. The first kappa shape index (κ1) is 14.0. The van der Waals surface area contributed by atoms with Crippen LogP contribution in [0.1, 0.15) is 40.0 Å². The minimum Gasteiger partial charge on any atom is -0.370 e. The minimum absolute atomic E-state index is 0.218. The van der Waals surface area contributed by atoms with Crippen LogP contribution in [0.15, 0.2) is 23.9 Å². The second-order valence-corrected chi connectivity index (χ2v) is 5.41. The van der Waals surface area contributed by atoms with Gasteiger partial charge < -0.3 is 4.90 Å². The van der Waals surface area contributed by atoms with Gasteiger partial charge in [-0.1, -0.05) is 26.5 Å². The predicted molar refractivity (Wildman–Crippen MR) is 72.7 cm³/mol. The zero-order valence-electron chi connectivity index (χ0n) is 11.6. The van der Waals surface area contributed by atoms with Crippen LogP contribution in [0.5, 0.6) is 0 Å². The van der Waals surface area contributed by atoms with Gasteiger partial charge >= 0.3 is 0 Å². The standard InChI is InChI=1S/C15H25NO/c1-6-13-14(11(2)3)8-7-9-15(13)16(5)10-12(4)17/h6,11,14H,1,7-10H2,2-5H3. The van der Waals surface area contributed by atoms with Crippen LogP contribution in [0.3, 0.4) is 0 Å². The Hall–Kier alpha value is -1.05. The van der Waals surface area contributed by atoms with E-state index in [1.165, 1.54) is 24.1 Å². The first-order valence-electron chi connectivity index (χ1n) is 6.53. The summed E-state index contributed by atoms with van der Waals surface area (Å²) in [6, 6.07) is 0. The van der Waals surface area contributed by atoms with Crippen molar-refractivity contribution in [2.24, 2.45) is 11.8 Å². The Balaban J connectivity index is 2.98. The third kappa shape index (κ3) is 3.45. The van der Waals surface area contributed by atoms with Crippen molar-refractivity contribution in [3.63, 3.8) is 0 Å². The van der Waals surface area contributed by atoms with E-state index in [1.807, 2.05) is 13.1 Å². The van der Waals surface area contributed by atoms with Gasteiger partial charge in [0.2, 0.25) is 0 Å². The van der Waals surface area contributed by atoms with Gasteiger partial charge in [-0.2, -0.15) is 0 Å². The smallest absolute Gasteiger partial charge is 0.149 e. The van der Waals surface area contributed by atoms with Gasteiger partial charge in [0, 0.05) is 12.7 Å². The second-order valence-electron chi connectivity index (χ2n) is 5.41. The van der Waals surface area contributed by atoms with Gasteiger partial charge in [-0.3, -0.25) is 4.79 Å². The number of carbonyl (C=O) groups is 1. The Morgan fingerprint density at radius 1 is 1.59 bits per heavy atom. The number of carbonyl (C=O) groups excluding carboxylic acids is 1. The summed E-state index contributed by atoms with van der Waals surface area (Å²) in [5.41, 5.74) is 2.68. The summed E-state index contributed by atoms with van der Waals surface area (Å²) in [5, 5.41) is 0. The highest BCUT2D eigenvalue weighted by Crippen LogP contribution is 2.36. The zero-order chi connectivity index (χ0) is 13.0. The van der Waals surface area contributed by atoms with Crippen LogP contribution < -0.4 is 0 Å². The van der Waals surface area contributed by atoms with E-state index in [-0.39, 0.29) is 5.78 Å². The van der Waals surface area contributed by atoms with Crippen LogP contribution in [-0.4, -0.2) is 24.3 Å². The molecule has 1 atom stereocenters. The van der Waals surface area contributed by atoms with Gasteiger partial charge in [-0.15, -0.1) is 0 Å². The molecule has 0 saturated heterocycles. The summed E-state index contributed by atoms with van der Waals surface area (Å²) >= 11 is 0. The molecule has 0 spiro atoms. The number of likely N-dealkylation sites (N-methyl/N-ethyl adjacent to an activating group) is 1. The quantitative estimate of drug-likeness (QED) is 0.728. The van der Waals surface area contributed by atoms with E-state index >= 15 is 0 Å². The fourth-order valence-electron chi connectivity index (χ4n) is 2.81. The maximum atomic E-state index is 11.2. The van der Waals surface area contributed by atoms with Crippen LogP contribution in [0.25, 0.3) is 0 Å². The van der Waals surface area contributed by atoms with Crippen LogP contribution in [0.2, 0.25) is 0 Å². The molecular weight excluding hydrogens is 210 g/mol. The number of ketones is 1. The van der Waals surface area contributed by atoms with Gasteiger partial charge in [-0.05, 0) is 43.6 Å². The Morgan fingerprint density at radius 3 is 2.71 bits per heavy atom. The van der Waals surface area contributed by atoms with E-state index < -0.39 is 0 Å². The fraction of sp³-hybridized carbons (Fsp3) is 0.667. The van der Waals surface area contributed by atoms with Gasteiger partial charge in [0.1, 0.15) is 5.78 Å². The number of Topliss-reactive ketones (excluding diaryl/α,β-unsaturated/α-hetero) is 1. The molecule has 2 heteroatoms. The van der Waals surface area contributed by atoms with E-state index in [1.54, 1.807) is 6.92 Å². The third-order valence-electron chi connectivity index (χ3n) is 3.61. The molecule has 0 radical (unpaired) electrons. The molecule has 0 saturated carbocycles. The number of allylic oxidation sites excluding steroid dienone is 3. The SMILES string of the molecule is C=CC1=C(N(C)CC(C)=O)CCCC1C(C)C. The molecule has 0 heterocycles. The van der Waals surface area contributed by atoms with Crippen molar-refractivity contribution in [2.75, 3.05) is 13.6 Å². The lowest BCUT2D eigenvalue weighted by molar-refractivity contribution is -0.117. The van der Waals surface area contributed by atoms with Crippen molar-refractivity contribution in [1.29, 1.82) is 0 Å². The lowest BCUT2D eigenvalue weighted by Gasteiger charge is -2.34. The molecular formula is C15H25NO. The van der Waals surface area contributed by atoms with E-state index in [9.17, 15) is 4.79 Å². The molecule has 1 rings (SSSR count). The van der Waals surface area contributed by atoms with Gasteiger partial charge in [-0.25, -0.2) is 0 Å². The largest absolute Gasteiger partial charge is 0.370 e. The summed E-state index contributed by atoms with van der Waals surface area (Å²) in [5.74, 6) is 1.46. The Kier molecular flexibility index (Phi) is 4.98. The summed E-state index contributed by atoms with van der Waals surface area (Å²) in [7, 11) is 2.02. The van der Waals surface area contributed by atoms with Crippen molar-refractivity contribution in [3.05, 3.63) is 23.9 Å². The molecule has 0 aromatic rings. The Morgan fingerprint density at radius 2 is 2.24 bits per heavy atom. The molecule has 0 aliphatic heterocycles. The molecule has 0 amide bonds. The number of rotatable bonds is 5. The molecule has 2 nitrogen and oxygen atoms in total. The molecule has 1 unspecified atom stereocenters. The van der Waals surface area contributed by atoms with Crippen LogP contribution >= 0.6 is 0 Å². The number of hydrogen-bond donors (Lipinski definition) is 0. The second kappa shape index (κ2) is 6.04. The van der Waals surface area contributed by atoms with E-state index in [0.717, 1.165) is 6.42 Å². The van der Waals surface area contributed by atoms with E-state index in [0.29, 0.717) is 18.4 Å². The third-order valence-corrected chi connectivity index (χ3v) is 3.61. The van der Waals surface area contributed by atoms with Crippen LogP contribution in [0.4, 0.5) is 0 Å². The molecule has 0 aromatic carbocycles. The maximum absolute atomic E-state index is 11.2. The van der Waals surface area contributed by atoms with Crippen molar-refractivity contribution in [2.45, 2.75) is 40.0 Å². The zero-order valence-corrected chi connectivity index (χ0v) is 11.6. The first-order valence-corrected chi connectivity index (χ1v) is 6.53. The van der Waals surface area contributed by atoms with Crippen LogP contribution in [-0.2, 0) is 4.79 Å². The topological polar surface area (TPSA) is 20.3 Å². The number of nitrogens with zero attached hydrogens (tertiary/aromatic N) is 1. The molecule has 1 aliphatic carbocycles. The highest BCUT2D eigenvalue weighted by molar-refractivity contribution is 5.77. The average Bonchev–Trinajstić information content (AvgIpc) is 2.26. The molecule has 0 aromatic heterocycles. The Bertz CT molecular complexity index is 328. The van der Waals surface area contributed by atoms with Crippen molar-refractivity contribution in [1.82, 2.24) is 4.90 Å². The van der Waals surface area contributed by atoms with Crippen molar-refractivity contribution >= 4 is 5.78 Å². The maximum Gasteiger partial charge on any atom is 0.149 e. The summed E-state index contributed by atoms with van der Waals surface area (Å²) in [6.07, 6.45) is 5.54. The fourth-order valence-corrected chi connectivity index (χ4v) is 2.81. The molecule has 0 bridgehead atoms. The van der Waals surface area contributed by atoms with Gasteiger partial charge in [0.05, 0.1) is 6.54 Å². The lowest BCUT2D eigenvalue weighted by Crippen LogP contribution is -2.29. The van der Waals surface area contributed by atoms with Gasteiger partial charge in [0.15, 0.2) is 0 Å². The number of hydrogen-bond acceptors (Lipinski definition) is 2. The van der Waals surface area contributed by atoms with E-state index in [4.69, 9.17) is 0 Å². The summed E-state index contributed by atoms with van der Waals surface area (Å²) < 4.78 is 0. The summed E-state index contributed by atoms with van der Waals surface area (Å²) in [4.78, 5) is 13.3. The molecule has 96 valence electrons. The molecule has 17 heavy (non-hydrogen) atoms. The predicted octanol–water partition coefficient (Wildman–Crippen LogP) is 3.40. The lowest BCUT2D eigenvalue weighted by atomic mass is 9.78. The molecule has 0 N–H and O–H groups in total. The first-order chi connectivity index (χ1) is 7.97. The van der Waals surface area contributed by atoms with E-state index in [2.05, 4.69) is 25.3 Å². The van der Waals surface area contributed by atoms with Crippen molar-refractivity contribution in [3.8, 4) is 0 Å². The normalized spacial score (nSPS) is 20.6. The monoisotopic (exact) mass is 235 g/mol. The Labute approximate surface area is 105 Å². The average molecular weight is 235 g/mol. The minimum atomic E-state index is 0.218. The molecule has 0 fully saturated rings. The van der Waals surface area contributed by atoms with Crippen molar-refractivity contribution < 1.29 is 4.79 Å². The highest BCUT2D eigenvalue weighted by Gasteiger charge is 2.25. The summed E-state index contributed by atoms with van der Waals surface area (Å²) in [6.45, 7) is 10.6. The van der Waals surface area contributed by atoms with Crippen LogP contribution in [0, 0.1) is 11.8 Å².